The second kappa shape index (κ2) is 3.88. The molecule has 86 valence electrons. The molecular weight excluding hydrogens is 222 g/mol. The molecule has 1 aliphatic heterocycles. The van der Waals surface area contributed by atoms with Crippen LogP contribution in [0.1, 0.15) is 31.7 Å². The summed E-state index contributed by atoms with van der Waals surface area (Å²) >= 11 is 6.13. The van der Waals surface area contributed by atoms with Crippen LogP contribution in [0.15, 0.2) is 6.33 Å². The monoisotopic (exact) mass is 237 g/mol. The van der Waals surface area contributed by atoms with Crippen LogP contribution in [0.25, 0.3) is 0 Å². The van der Waals surface area contributed by atoms with Gasteiger partial charge in [-0.05, 0) is 31.6 Å². The summed E-state index contributed by atoms with van der Waals surface area (Å²) in [5.74, 6) is 1.96. The van der Waals surface area contributed by atoms with Crippen LogP contribution in [-0.4, -0.2) is 22.6 Å². The Bertz CT molecular complexity index is 407. The first-order chi connectivity index (χ1) is 7.79. The molecule has 2 bridgehead atoms. The summed E-state index contributed by atoms with van der Waals surface area (Å²) in [6, 6.07) is 0.696. The van der Waals surface area contributed by atoms with Crippen molar-refractivity contribution in [1.82, 2.24) is 9.97 Å². The van der Waals surface area contributed by atoms with Crippen LogP contribution in [0.4, 0.5) is 5.82 Å². The third kappa shape index (κ3) is 1.49. The minimum atomic E-state index is 0.621. The number of halogens is 1. The van der Waals surface area contributed by atoms with Crippen molar-refractivity contribution in [1.29, 1.82) is 0 Å². The standard InChI is InChI=1S/C12H16ClN3/c1-2-10-11(13)14-7-15-12(10)16-6-8-3-4-9(16)5-8/h7-9H,2-6H2,1H3. The summed E-state index contributed by atoms with van der Waals surface area (Å²) in [5.41, 5.74) is 1.11. The van der Waals surface area contributed by atoms with Gasteiger partial charge in [0, 0.05) is 18.2 Å². The van der Waals surface area contributed by atoms with Crippen LogP contribution in [0.5, 0.6) is 0 Å². The van der Waals surface area contributed by atoms with Crippen LogP contribution in [0, 0.1) is 5.92 Å². The minimum Gasteiger partial charge on any atom is -0.353 e. The van der Waals surface area contributed by atoms with E-state index in [1.807, 2.05) is 0 Å². The van der Waals surface area contributed by atoms with E-state index >= 15 is 0 Å². The van der Waals surface area contributed by atoms with Gasteiger partial charge in [-0.2, -0.15) is 0 Å². The molecule has 1 saturated carbocycles. The Labute approximate surface area is 101 Å². The lowest BCUT2D eigenvalue weighted by molar-refractivity contribution is 0.549. The zero-order chi connectivity index (χ0) is 11.1. The van der Waals surface area contributed by atoms with Crippen molar-refractivity contribution in [2.75, 3.05) is 11.4 Å². The molecule has 1 saturated heterocycles. The third-order valence-corrected chi connectivity index (χ3v) is 4.23. The Hall–Kier alpha value is -0.830. The molecule has 1 aromatic rings. The van der Waals surface area contributed by atoms with Gasteiger partial charge in [0.25, 0.3) is 0 Å². The van der Waals surface area contributed by atoms with Crippen molar-refractivity contribution in [3.63, 3.8) is 0 Å². The fraction of sp³-hybridized carbons (Fsp3) is 0.667. The summed E-state index contributed by atoms with van der Waals surface area (Å²) in [6.45, 7) is 3.27. The van der Waals surface area contributed by atoms with Crippen molar-refractivity contribution in [3.05, 3.63) is 17.0 Å². The predicted molar refractivity (Wildman–Crippen MR) is 64.9 cm³/mol. The van der Waals surface area contributed by atoms with Gasteiger partial charge in [0.05, 0.1) is 0 Å². The lowest BCUT2D eigenvalue weighted by atomic mass is 10.1. The van der Waals surface area contributed by atoms with E-state index in [2.05, 4.69) is 21.8 Å². The van der Waals surface area contributed by atoms with Crippen LogP contribution >= 0.6 is 11.6 Å². The fourth-order valence-electron chi connectivity index (χ4n) is 3.12. The average molecular weight is 238 g/mol. The summed E-state index contributed by atoms with van der Waals surface area (Å²) in [4.78, 5) is 11.0. The normalized spacial score (nSPS) is 27.8. The maximum atomic E-state index is 6.13. The number of anilines is 1. The second-order valence-electron chi connectivity index (χ2n) is 4.81. The van der Waals surface area contributed by atoms with Crippen LogP contribution in [-0.2, 0) is 6.42 Å². The molecule has 2 atom stereocenters. The Balaban J connectivity index is 1.97. The first-order valence-corrected chi connectivity index (χ1v) is 6.43. The Morgan fingerprint density at radius 1 is 1.44 bits per heavy atom. The van der Waals surface area contributed by atoms with E-state index in [-0.39, 0.29) is 0 Å². The fourth-order valence-corrected chi connectivity index (χ4v) is 3.38. The van der Waals surface area contributed by atoms with Gasteiger partial charge in [-0.1, -0.05) is 18.5 Å². The molecule has 0 amide bonds. The molecule has 16 heavy (non-hydrogen) atoms. The van der Waals surface area contributed by atoms with E-state index in [9.17, 15) is 0 Å². The van der Waals surface area contributed by atoms with Gasteiger partial charge in [-0.15, -0.1) is 0 Å². The zero-order valence-electron chi connectivity index (χ0n) is 9.49. The zero-order valence-corrected chi connectivity index (χ0v) is 10.2. The molecule has 0 radical (unpaired) electrons. The molecule has 2 unspecified atom stereocenters. The average Bonchev–Trinajstić information content (AvgIpc) is 2.90. The molecule has 0 aromatic carbocycles. The number of hydrogen-bond donors (Lipinski definition) is 0. The quantitative estimate of drug-likeness (QED) is 0.741. The van der Waals surface area contributed by atoms with Crippen LogP contribution in [0.2, 0.25) is 5.15 Å². The molecule has 3 nitrogen and oxygen atoms in total. The Kier molecular flexibility index (Phi) is 2.51. The lowest BCUT2D eigenvalue weighted by Gasteiger charge is -2.29. The van der Waals surface area contributed by atoms with Gasteiger partial charge in [-0.3, -0.25) is 0 Å². The van der Waals surface area contributed by atoms with Gasteiger partial charge < -0.3 is 4.90 Å². The molecule has 2 heterocycles. The molecule has 1 aliphatic carbocycles. The van der Waals surface area contributed by atoms with E-state index in [1.165, 1.54) is 19.3 Å². The maximum Gasteiger partial charge on any atom is 0.137 e. The van der Waals surface area contributed by atoms with E-state index in [4.69, 9.17) is 11.6 Å². The van der Waals surface area contributed by atoms with Gasteiger partial charge in [0.1, 0.15) is 17.3 Å². The highest BCUT2D eigenvalue weighted by atomic mass is 35.5. The number of nitrogens with zero attached hydrogens (tertiary/aromatic N) is 3. The second-order valence-corrected chi connectivity index (χ2v) is 5.16. The number of piperidine rings is 1. The summed E-state index contributed by atoms with van der Waals surface area (Å²) < 4.78 is 0. The molecule has 4 heteroatoms. The highest BCUT2D eigenvalue weighted by Crippen LogP contribution is 2.41. The van der Waals surface area contributed by atoms with Crippen LogP contribution < -0.4 is 4.90 Å². The number of rotatable bonds is 2. The molecule has 3 rings (SSSR count). The van der Waals surface area contributed by atoms with Crippen molar-refractivity contribution in [2.45, 2.75) is 38.6 Å². The molecule has 0 spiro atoms. The topological polar surface area (TPSA) is 29.0 Å². The van der Waals surface area contributed by atoms with E-state index in [0.29, 0.717) is 11.2 Å². The first kappa shape index (κ1) is 10.3. The van der Waals surface area contributed by atoms with Gasteiger partial charge in [-0.25, -0.2) is 9.97 Å². The summed E-state index contributed by atoms with van der Waals surface area (Å²) in [6.07, 6.45) is 6.54. The number of aromatic nitrogens is 2. The minimum absolute atomic E-state index is 0.621. The molecule has 0 N–H and O–H groups in total. The predicted octanol–water partition coefficient (Wildman–Crippen LogP) is 2.68. The summed E-state index contributed by atoms with van der Waals surface area (Å²) in [7, 11) is 0. The number of hydrogen-bond acceptors (Lipinski definition) is 3. The van der Waals surface area contributed by atoms with E-state index in [1.54, 1.807) is 6.33 Å². The molecule has 2 aliphatic rings. The van der Waals surface area contributed by atoms with Gasteiger partial charge in [0.2, 0.25) is 0 Å². The largest absolute Gasteiger partial charge is 0.353 e. The molecular formula is C12H16ClN3. The summed E-state index contributed by atoms with van der Waals surface area (Å²) in [5, 5.41) is 0.621. The highest BCUT2D eigenvalue weighted by Gasteiger charge is 2.39. The van der Waals surface area contributed by atoms with Gasteiger partial charge in [0.15, 0.2) is 0 Å². The van der Waals surface area contributed by atoms with Crippen LogP contribution in [0.3, 0.4) is 0 Å². The molecule has 2 fully saturated rings. The Morgan fingerprint density at radius 2 is 2.31 bits per heavy atom. The Morgan fingerprint density at radius 3 is 2.94 bits per heavy atom. The third-order valence-electron chi connectivity index (χ3n) is 3.90. The highest BCUT2D eigenvalue weighted by molar-refractivity contribution is 6.30. The van der Waals surface area contributed by atoms with Crippen molar-refractivity contribution >= 4 is 17.4 Å². The lowest BCUT2D eigenvalue weighted by Crippen LogP contribution is -2.33. The molecule has 1 aromatic heterocycles. The van der Waals surface area contributed by atoms with Crippen molar-refractivity contribution in [2.24, 2.45) is 5.92 Å². The number of fused-ring (bicyclic) bond motifs is 2. The van der Waals surface area contributed by atoms with Crippen molar-refractivity contribution < 1.29 is 0 Å². The first-order valence-electron chi connectivity index (χ1n) is 6.05. The van der Waals surface area contributed by atoms with Crippen molar-refractivity contribution in [3.8, 4) is 0 Å². The smallest absolute Gasteiger partial charge is 0.137 e. The van der Waals surface area contributed by atoms with E-state index in [0.717, 1.165) is 30.3 Å². The SMILES string of the molecule is CCc1c(Cl)ncnc1N1CC2CCC1C2. The van der Waals surface area contributed by atoms with Gasteiger partial charge >= 0.3 is 0 Å². The maximum absolute atomic E-state index is 6.13. The van der Waals surface area contributed by atoms with E-state index < -0.39 is 0 Å².